The minimum atomic E-state index is -0.519. The lowest BCUT2D eigenvalue weighted by Crippen LogP contribution is -2.35. The molecule has 0 radical (unpaired) electrons. The fourth-order valence-corrected chi connectivity index (χ4v) is 1.85. The standard InChI is InChI=1S/C15H23N3O2/c1-5-6-13(16)14(19)17-11-8-7-10(2)12(9-11)15(20)18(3)4/h7-9,13H,5-6,16H2,1-4H3,(H,17,19). The SMILES string of the molecule is CCCC(N)C(=O)Nc1ccc(C)c(C(=O)N(C)C)c1. The van der Waals surface area contributed by atoms with Gasteiger partial charge in [-0.15, -0.1) is 0 Å². The lowest BCUT2D eigenvalue weighted by atomic mass is 10.1. The Labute approximate surface area is 120 Å². The van der Waals surface area contributed by atoms with Crippen LogP contribution in [0.3, 0.4) is 0 Å². The third-order valence-corrected chi connectivity index (χ3v) is 3.08. The zero-order valence-corrected chi connectivity index (χ0v) is 12.6. The summed E-state index contributed by atoms with van der Waals surface area (Å²) in [6, 6.07) is 4.76. The van der Waals surface area contributed by atoms with Crippen LogP contribution in [-0.4, -0.2) is 36.9 Å². The van der Waals surface area contributed by atoms with Gasteiger partial charge in [0.05, 0.1) is 6.04 Å². The highest BCUT2D eigenvalue weighted by molar-refractivity contribution is 5.99. The molecule has 3 N–H and O–H groups in total. The summed E-state index contributed by atoms with van der Waals surface area (Å²) in [7, 11) is 3.40. The summed E-state index contributed by atoms with van der Waals surface area (Å²) in [5.74, 6) is -0.310. The highest BCUT2D eigenvalue weighted by atomic mass is 16.2. The van der Waals surface area contributed by atoms with Crippen LogP contribution in [0.5, 0.6) is 0 Å². The van der Waals surface area contributed by atoms with Gasteiger partial charge < -0.3 is 16.0 Å². The topological polar surface area (TPSA) is 75.4 Å². The molecule has 1 aromatic carbocycles. The van der Waals surface area contributed by atoms with E-state index in [1.165, 1.54) is 4.90 Å². The second-order valence-corrected chi connectivity index (χ2v) is 5.11. The maximum atomic E-state index is 12.0. The van der Waals surface area contributed by atoms with Crippen LogP contribution in [0.15, 0.2) is 18.2 Å². The van der Waals surface area contributed by atoms with Gasteiger partial charge in [0, 0.05) is 25.3 Å². The first-order valence-corrected chi connectivity index (χ1v) is 6.75. The fourth-order valence-electron chi connectivity index (χ4n) is 1.85. The smallest absolute Gasteiger partial charge is 0.253 e. The van der Waals surface area contributed by atoms with E-state index in [9.17, 15) is 9.59 Å². The van der Waals surface area contributed by atoms with Gasteiger partial charge in [0.25, 0.3) is 5.91 Å². The number of carbonyl (C=O) groups excluding carboxylic acids is 2. The average Bonchev–Trinajstić information content (AvgIpc) is 2.40. The van der Waals surface area contributed by atoms with Crippen molar-refractivity contribution in [1.82, 2.24) is 4.90 Å². The Bertz CT molecular complexity index is 498. The van der Waals surface area contributed by atoms with Crippen molar-refractivity contribution in [2.45, 2.75) is 32.7 Å². The number of amides is 2. The predicted molar refractivity (Wildman–Crippen MR) is 80.7 cm³/mol. The number of rotatable bonds is 5. The molecule has 1 atom stereocenters. The number of nitrogens with zero attached hydrogens (tertiary/aromatic N) is 1. The number of hydrogen-bond acceptors (Lipinski definition) is 3. The highest BCUT2D eigenvalue weighted by Crippen LogP contribution is 2.17. The number of anilines is 1. The van der Waals surface area contributed by atoms with E-state index in [1.807, 2.05) is 19.9 Å². The second kappa shape index (κ2) is 7.05. The zero-order chi connectivity index (χ0) is 15.3. The number of nitrogens with one attached hydrogen (secondary N) is 1. The molecule has 5 nitrogen and oxygen atoms in total. The van der Waals surface area contributed by atoms with Gasteiger partial charge in [-0.3, -0.25) is 9.59 Å². The van der Waals surface area contributed by atoms with Gasteiger partial charge in [0.15, 0.2) is 0 Å². The first-order chi connectivity index (χ1) is 9.36. The minimum absolute atomic E-state index is 0.0866. The van der Waals surface area contributed by atoms with E-state index in [4.69, 9.17) is 5.73 Å². The Kier molecular flexibility index (Phi) is 5.70. The van der Waals surface area contributed by atoms with Gasteiger partial charge in [-0.2, -0.15) is 0 Å². The Morgan fingerprint density at radius 1 is 1.35 bits per heavy atom. The van der Waals surface area contributed by atoms with Crippen LogP contribution in [0.4, 0.5) is 5.69 Å². The second-order valence-electron chi connectivity index (χ2n) is 5.11. The molecule has 2 amide bonds. The first kappa shape index (κ1) is 16.2. The molecular formula is C15H23N3O2. The number of carbonyl (C=O) groups is 2. The fraction of sp³-hybridized carbons (Fsp3) is 0.467. The monoisotopic (exact) mass is 277 g/mol. The van der Waals surface area contributed by atoms with Crippen LogP contribution in [0.2, 0.25) is 0 Å². The molecule has 0 aliphatic carbocycles. The summed E-state index contributed by atoms with van der Waals surface area (Å²) in [6.07, 6.45) is 1.49. The van der Waals surface area contributed by atoms with E-state index in [2.05, 4.69) is 5.32 Å². The molecule has 0 aromatic heterocycles. The molecule has 0 fully saturated rings. The van der Waals surface area contributed by atoms with Crippen molar-refractivity contribution >= 4 is 17.5 Å². The van der Waals surface area contributed by atoms with Crippen LogP contribution in [0.25, 0.3) is 0 Å². The third-order valence-electron chi connectivity index (χ3n) is 3.08. The molecule has 0 spiro atoms. The van der Waals surface area contributed by atoms with Crippen molar-refractivity contribution in [2.75, 3.05) is 19.4 Å². The van der Waals surface area contributed by atoms with Gasteiger partial charge in [0.2, 0.25) is 5.91 Å². The van der Waals surface area contributed by atoms with E-state index in [0.717, 1.165) is 12.0 Å². The molecule has 1 unspecified atom stereocenters. The van der Waals surface area contributed by atoms with E-state index < -0.39 is 6.04 Å². The maximum Gasteiger partial charge on any atom is 0.253 e. The van der Waals surface area contributed by atoms with Crippen LogP contribution >= 0.6 is 0 Å². The maximum absolute atomic E-state index is 12.0. The van der Waals surface area contributed by atoms with Crippen molar-refractivity contribution in [3.05, 3.63) is 29.3 Å². The number of aryl methyl sites for hydroxylation is 1. The summed E-state index contributed by atoms with van der Waals surface area (Å²) in [5.41, 5.74) is 7.81. The molecule has 110 valence electrons. The quantitative estimate of drug-likeness (QED) is 0.861. The van der Waals surface area contributed by atoms with Crippen molar-refractivity contribution < 1.29 is 9.59 Å². The van der Waals surface area contributed by atoms with E-state index in [-0.39, 0.29) is 11.8 Å². The number of hydrogen-bond donors (Lipinski definition) is 2. The molecule has 0 bridgehead atoms. The van der Waals surface area contributed by atoms with Gasteiger partial charge in [-0.1, -0.05) is 19.4 Å². The molecule has 5 heteroatoms. The van der Waals surface area contributed by atoms with Crippen LogP contribution in [0.1, 0.15) is 35.7 Å². The predicted octanol–water partition coefficient (Wildman–Crippen LogP) is 1.76. The lowest BCUT2D eigenvalue weighted by molar-refractivity contribution is -0.117. The minimum Gasteiger partial charge on any atom is -0.345 e. The molecule has 0 heterocycles. The van der Waals surface area contributed by atoms with Crippen molar-refractivity contribution in [2.24, 2.45) is 5.73 Å². The van der Waals surface area contributed by atoms with Gasteiger partial charge in [0.1, 0.15) is 0 Å². The van der Waals surface area contributed by atoms with Crippen molar-refractivity contribution in [3.8, 4) is 0 Å². The normalized spacial score (nSPS) is 11.8. The average molecular weight is 277 g/mol. The summed E-state index contributed by atoms with van der Waals surface area (Å²) in [4.78, 5) is 25.4. The Morgan fingerprint density at radius 2 is 2.00 bits per heavy atom. The van der Waals surface area contributed by atoms with E-state index in [0.29, 0.717) is 17.7 Å². The molecular weight excluding hydrogens is 254 g/mol. The molecule has 1 aromatic rings. The molecule has 0 saturated carbocycles. The largest absolute Gasteiger partial charge is 0.345 e. The summed E-state index contributed by atoms with van der Waals surface area (Å²) in [5, 5.41) is 2.75. The molecule has 0 aliphatic heterocycles. The first-order valence-electron chi connectivity index (χ1n) is 6.75. The summed E-state index contributed by atoms with van der Waals surface area (Å²) >= 11 is 0. The Morgan fingerprint density at radius 3 is 2.55 bits per heavy atom. The van der Waals surface area contributed by atoms with E-state index in [1.54, 1.807) is 26.2 Å². The van der Waals surface area contributed by atoms with Crippen LogP contribution in [0, 0.1) is 6.92 Å². The molecule has 1 rings (SSSR count). The van der Waals surface area contributed by atoms with Crippen LogP contribution < -0.4 is 11.1 Å². The lowest BCUT2D eigenvalue weighted by Gasteiger charge is -2.15. The molecule has 0 aliphatic rings. The Hall–Kier alpha value is -1.88. The van der Waals surface area contributed by atoms with Crippen LogP contribution in [-0.2, 0) is 4.79 Å². The molecule has 0 saturated heterocycles. The zero-order valence-electron chi connectivity index (χ0n) is 12.6. The Balaban J connectivity index is 2.90. The van der Waals surface area contributed by atoms with Gasteiger partial charge in [-0.25, -0.2) is 0 Å². The van der Waals surface area contributed by atoms with E-state index >= 15 is 0 Å². The van der Waals surface area contributed by atoms with Crippen molar-refractivity contribution in [3.63, 3.8) is 0 Å². The summed E-state index contributed by atoms with van der Waals surface area (Å²) in [6.45, 7) is 3.85. The highest BCUT2D eigenvalue weighted by Gasteiger charge is 2.15. The molecule has 20 heavy (non-hydrogen) atoms. The summed E-state index contributed by atoms with van der Waals surface area (Å²) < 4.78 is 0. The van der Waals surface area contributed by atoms with Gasteiger partial charge in [-0.05, 0) is 31.0 Å². The number of benzene rings is 1. The van der Waals surface area contributed by atoms with Crippen molar-refractivity contribution in [1.29, 1.82) is 0 Å². The third kappa shape index (κ3) is 4.06. The van der Waals surface area contributed by atoms with Gasteiger partial charge >= 0.3 is 0 Å². The number of nitrogens with two attached hydrogens (primary N) is 1.